The average molecular weight is 341 g/mol. The van der Waals surface area contributed by atoms with Crippen molar-refractivity contribution in [1.82, 2.24) is 4.98 Å². The Bertz CT molecular complexity index is 594. The van der Waals surface area contributed by atoms with Crippen LogP contribution in [0.2, 0.25) is 0 Å². The van der Waals surface area contributed by atoms with Crippen LogP contribution in [0.1, 0.15) is 0 Å². The van der Waals surface area contributed by atoms with Gasteiger partial charge in [0.05, 0.1) is 10.2 Å². The Labute approximate surface area is 122 Å². The van der Waals surface area contributed by atoms with Crippen molar-refractivity contribution in [3.8, 4) is 0 Å². The maximum Gasteiger partial charge on any atom is 0.235 e. The number of hydrogen-bond donors (Lipinski definition) is 1. The second kappa shape index (κ2) is 6.68. The molecule has 0 bridgehead atoms. The van der Waals surface area contributed by atoms with Gasteiger partial charge in [-0.3, -0.25) is 4.79 Å². The molecule has 1 heterocycles. The van der Waals surface area contributed by atoms with Crippen LogP contribution in [0.25, 0.3) is 0 Å². The molecule has 0 aliphatic rings. The van der Waals surface area contributed by atoms with Crippen molar-refractivity contribution in [2.24, 2.45) is 0 Å². The zero-order valence-corrected chi connectivity index (χ0v) is 12.2. The van der Waals surface area contributed by atoms with E-state index in [9.17, 15) is 9.18 Å². The number of anilines is 1. The van der Waals surface area contributed by atoms with Gasteiger partial charge in [0, 0.05) is 11.1 Å². The van der Waals surface area contributed by atoms with Crippen LogP contribution in [-0.4, -0.2) is 16.6 Å². The lowest BCUT2D eigenvalue weighted by molar-refractivity contribution is -0.113. The number of carbonyl (C=O) groups is 1. The number of benzene rings is 1. The van der Waals surface area contributed by atoms with E-state index in [4.69, 9.17) is 0 Å². The second-order valence-electron chi connectivity index (χ2n) is 3.60. The van der Waals surface area contributed by atoms with Crippen LogP contribution in [0.15, 0.2) is 52.0 Å². The van der Waals surface area contributed by atoms with Gasteiger partial charge in [0.1, 0.15) is 11.6 Å². The molecule has 2 aromatic rings. The van der Waals surface area contributed by atoms with Crippen molar-refractivity contribution in [3.63, 3.8) is 0 Å². The summed E-state index contributed by atoms with van der Waals surface area (Å²) < 4.78 is 14.1. The molecule has 98 valence electrons. The van der Waals surface area contributed by atoms with Crippen molar-refractivity contribution in [3.05, 3.63) is 52.9 Å². The molecule has 0 saturated heterocycles. The van der Waals surface area contributed by atoms with Gasteiger partial charge in [-0.05, 0) is 40.2 Å². The van der Waals surface area contributed by atoms with E-state index in [0.29, 0.717) is 15.2 Å². The summed E-state index contributed by atoms with van der Waals surface area (Å²) in [6.45, 7) is 0. The van der Waals surface area contributed by atoms with Gasteiger partial charge in [0.15, 0.2) is 0 Å². The van der Waals surface area contributed by atoms with E-state index in [1.807, 2.05) is 0 Å². The van der Waals surface area contributed by atoms with Crippen LogP contribution in [0.5, 0.6) is 0 Å². The normalized spacial score (nSPS) is 10.2. The smallest absolute Gasteiger partial charge is 0.235 e. The number of thioether (sulfide) groups is 1. The number of rotatable bonds is 4. The third-order valence-corrected chi connectivity index (χ3v) is 3.90. The second-order valence-corrected chi connectivity index (χ2v) is 5.47. The van der Waals surface area contributed by atoms with Gasteiger partial charge < -0.3 is 5.32 Å². The molecule has 6 heteroatoms. The van der Waals surface area contributed by atoms with Crippen LogP contribution >= 0.6 is 27.7 Å². The van der Waals surface area contributed by atoms with Crippen LogP contribution in [-0.2, 0) is 4.79 Å². The molecule has 0 aliphatic carbocycles. The first-order valence-electron chi connectivity index (χ1n) is 5.44. The first-order valence-corrected chi connectivity index (χ1v) is 7.22. The third kappa shape index (κ3) is 4.04. The Kier molecular flexibility index (Phi) is 4.93. The standard InChI is InChI=1S/C13H10BrFN2OS/c14-9-4-3-7-16-13(9)17-12(18)8-19-11-6-2-1-5-10(11)15/h1-7H,8H2,(H,16,17,18). The molecule has 0 aliphatic heterocycles. The highest BCUT2D eigenvalue weighted by molar-refractivity contribution is 9.10. The van der Waals surface area contributed by atoms with Crippen LogP contribution in [0.4, 0.5) is 10.2 Å². The summed E-state index contributed by atoms with van der Waals surface area (Å²) in [4.78, 5) is 16.2. The summed E-state index contributed by atoms with van der Waals surface area (Å²) in [5, 5.41) is 2.66. The quantitative estimate of drug-likeness (QED) is 0.862. The molecule has 1 N–H and O–H groups in total. The predicted molar refractivity (Wildman–Crippen MR) is 77.7 cm³/mol. The molecule has 0 radical (unpaired) electrons. The van der Waals surface area contributed by atoms with Crippen molar-refractivity contribution in [1.29, 1.82) is 0 Å². The molecule has 19 heavy (non-hydrogen) atoms. The molecule has 0 spiro atoms. The molecule has 3 nitrogen and oxygen atoms in total. The summed E-state index contributed by atoms with van der Waals surface area (Å²) in [7, 11) is 0. The number of halogens is 2. The highest BCUT2D eigenvalue weighted by Crippen LogP contribution is 2.22. The molecule has 2 rings (SSSR count). The highest BCUT2D eigenvalue weighted by Gasteiger charge is 2.08. The SMILES string of the molecule is O=C(CSc1ccccc1F)Nc1ncccc1Br. The Morgan fingerprint density at radius 3 is 2.84 bits per heavy atom. The van der Waals surface area contributed by atoms with E-state index in [2.05, 4.69) is 26.2 Å². The molecular formula is C13H10BrFN2OS. The zero-order valence-electron chi connectivity index (χ0n) is 9.77. The molecule has 0 atom stereocenters. The maximum atomic E-state index is 13.4. The van der Waals surface area contributed by atoms with Gasteiger partial charge in [-0.2, -0.15) is 0 Å². The number of pyridine rings is 1. The lowest BCUT2D eigenvalue weighted by atomic mass is 10.3. The summed E-state index contributed by atoms with van der Waals surface area (Å²) in [5.74, 6) is 0.0397. The number of hydrogen-bond acceptors (Lipinski definition) is 3. The molecule has 1 amide bonds. The van der Waals surface area contributed by atoms with Gasteiger partial charge in [-0.1, -0.05) is 12.1 Å². The highest BCUT2D eigenvalue weighted by atomic mass is 79.9. The van der Waals surface area contributed by atoms with Crippen molar-refractivity contribution < 1.29 is 9.18 Å². The van der Waals surface area contributed by atoms with Gasteiger partial charge in [-0.15, -0.1) is 11.8 Å². The van der Waals surface area contributed by atoms with Gasteiger partial charge in [0.2, 0.25) is 5.91 Å². The number of aromatic nitrogens is 1. The summed E-state index contributed by atoms with van der Waals surface area (Å²) >= 11 is 4.44. The van der Waals surface area contributed by atoms with Gasteiger partial charge in [0.25, 0.3) is 0 Å². The minimum absolute atomic E-state index is 0.129. The number of amides is 1. The first kappa shape index (κ1) is 14.0. The Morgan fingerprint density at radius 1 is 1.32 bits per heavy atom. The molecule has 1 aromatic carbocycles. The number of nitrogens with one attached hydrogen (secondary N) is 1. The predicted octanol–water partition coefficient (Wildman–Crippen LogP) is 3.71. The van der Waals surface area contributed by atoms with E-state index in [0.717, 1.165) is 11.8 Å². The van der Waals surface area contributed by atoms with E-state index < -0.39 is 0 Å². The molecule has 0 fully saturated rings. The minimum Gasteiger partial charge on any atom is -0.309 e. The first-order chi connectivity index (χ1) is 9.16. The topological polar surface area (TPSA) is 42.0 Å². The van der Waals surface area contributed by atoms with E-state index in [1.165, 1.54) is 6.07 Å². The fraction of sp³-hybridized carbons (Fsp3) is 0.0769. The third-order valence-electron chi connectivity index (χ3n) is 2.21. The molecule has 1 aromatic heterocycles. The van der Waals surface area contributed by atoms with Gasteiger partial charge in [-0.25, -0.2) is 9.37 Å². The Hall–Kier alpha value is -1.40. The van der Waals surface area contributed by atoms with Gasteiger partial charge >= 0.3 is 0 Å². The molecule has 0 saturated carbocycles. The number of nitrogens with zero attached hydrogens (tertiary/aromatic N) is 1. The molecular weight excluding hydrogens is 331 g/mol. The number of carbonyl (C=O) groups excluding carboxylic acids is 1. The average Bonchev–Trinajstić information content (AvgIpc) is 2.40. The van der Waals surface area contributed by atoms with Crippen LogP contribution in [0.3, 0.4) is 0 Å². The van der Waals surface area contributed by atoms with Crippen LogP contribution < -0.4 is 5.32 Å². The van der Waals surface area contributed by atoms with Crippen molar-refractivity contribution in [2.75, 3.05) is 11.1 Å². The lowest BCUT2D eigenvalue weighted by Gasteiger charge is -2.06. The molecule has 0 unspecified atom stereocenters. The Morgan fingerprint density at radius 2 is 2.11 bits per heavy atom. The van der Waals surface area contributed by atoms with Crippen molar-refractivity contribution in [2.45, 2.75) is 4.90 Å². The minimum atomic E-state index is -0.320. The van der Waals surface area contributed by atoms with E-state index >= 15 is 0 Å². The monoisotopic (exact) mass is 340 g/mol. The fourth-order valence-electron chi connectivity index (χ4n) is 1.35. The van der Waals surface area contributed by atoms with Crippen LogP contribution in [0, 0.1) is 5.82 Å². The Balaban J connectivity index is 1.92. The summed E-state index contributed by atoms with van der Waals surface area (Å²) in [6, 6.07) is 9.91. The largest absolute Gasteiger partial charge is 0.309 e. The van der Waals surface area contributed by atoms with E-state index in [1.54, 1.807) is 36.5 Å². The summed E-state index contributed by atoms with van der Waals surface area (Å²) in [5.41, 5.74) is 0. The lowest BCUT2D eigenvalue weighted by Crippen LogP contribution is -2.15. The van der Waals surface area contributed by atoms with Crippen molar-refractivity contribution >= 4 is 39.4 Å². The summed E-state index contributed by atoms with van der Waals surface area (Å²) in [6.07, 6.45) is 1.59. The zero-order chi connectivity index (χ0) is 13.7. The maximum absolute atomic E-state index is 13.4. The van der Waals surface area contributed by atoms with E-state index in [-0.39, 0.29) is 17.5 Å². The fourth-order valence-corrected chi connectivity index (χ4v) is 2.44.